The number of halogens is 1. The number of hydrogen-bond donors (Lipinski definition) is 0. The van der Waals surface area contributed by atoms with Crippen molar-refractivity contribution < 1.29 is 4.39 Å². The molecule has 0 unspecified atom stereocenters. The van der Waals surface area contributed by atoms with Crippen molar-refractivity contribution in [3.8, 4) is 12.3 Å². The van der Waals surface area contributed by atoms with Crippen LogP contribution in [0.4, 0.5) is 4.39 Å². The summed E-state index contributed by atoms with van der Waals surface area (Å²) in [5.41, 5.74) is 1.49. The minimum atomic E-state index is -0.330. The fourth-order valence-corrected chi connectivity index (χ4v) is 1.57. The van der Waals surface area contributed by atoms with Gasteiger partial charge in [0.15, 0.2) is 0 Å². The summed E-state index contributed by atoms with van der Waals surface area (Å²) in [5, 5.41) is 1.79. The summed E-state index contributed by atoms with van der Waals surface area (Å²) in [6.45, 7) is 2.00. The van der Waals surface area contributed by atoms with Crippen LogP contribution in [-0.2, 0) is 0 Å². The second-order valence-corrected chi connectivity index (χ2v) is 3.29. The number of hydrogen-bond acceptors (Lipinski definition) is 0. The van der Waals surface area contributed by atoms with E-state index >= 15 is 0 Å². The maximum atomic E-state index is 13.3. The molecule has 0 aromatic heterocycles. The van der Waals surface area contributed by atoms with E-state index in [4.69, 9.17) is 6.42 Å². The molecule has 0 radical (unpaired) electrons. The van der Waals surface area contributed by atoms with Gasteiger partial charge in [-0.15, -0.1) is 6.42 Å². The topological polar surface area (TPSA) is 0 Å². The average Bonchev–Trinajstić information content (AvgIpc) is 2.18. The molecule has 2 aromatic rings. The second kappa shape index (κ2) is 3.16. The van der Waals surface area contributed by atoms with Crippen LogP contribution in [0.5, 0.6) is 0 Å². The second-order valence-electron chi connectivity index (χ2n) is 3.29. The third kappa shape index (κ3) is 1.25. The molecule has 68 valence electrons. The van der Waals surface area contributed by atoms with Gasteiger partial charge in [0, 0.05) is 5.39 Å². The lowest BCUT2D eigenvalue weighted by atomic mass is 10.0. The normalized spacial score (nSPS) is 10.1. The zero-order valence-electron chi connectivity index (χ0n) is 7.84. The van der Waals surface area contributed by atoms with Crippen molar-refractivity contribution in [2.45, 2.75) is 6.92 Å². The molecule has 0 spiro atoms. The molecule has 1 heteroatoms. The van der Waals surface area contributed by atoms with Crippen LogP contribution in [0.15, 0.2) is 30.3 Å². The van der Waals surface area contributed by atoms with Gasteiger partial charge in [-0.05, 0) is 18.4 Å². The van der Waals surface area contributed by atoms with Gasteiger partial charge in [-0.25, -0.2) is 4.39 Å². The molecule has 0 saturated heterocycles. The van der Waals surface area contributed by atoms with Crippen LogP contribution in [0, 0.1) is 25.1 Å². The van der Waals surface area contributed by atoms with Gasteiger partial charge in [-0.3, -0.25) is 0 Å². The van der Waals surface area contributed by atoms with Gasteiger partial charge in [-0.2, -0.15) is 0 Å². The third-order valence-corrected chi connectivity index (χ3v) is 2.27. The Balaban J connectivity index is 2.90. The van der Waals surface area contributed by atoms with Gasteiger partial charge in [0.2, 0.25) is 0 Å². The lowest BCUT2D eigenvalue weighted by Gasteiger charge is -2.03. The highest BCUT2D eigenvalue weighted by atomic mass is 19.1. The number of aryl methyl sites for hydroxylation is 1. The summed E-state index contributed by atoms with van der Waals surface area (Å²) in [6.07, 6.45) is 5.26. The summed E-state index contributed by atoms with van der Waals surface area (Å²) in [5.74, 6) is 2.05. The van der Waals surface area contributed by atoms with Crippen molar-refractivity contribution >= 4 is 10.8 Å². The summed E-state index contributed by atoms with van der Waals surface area (Å²) >= 11 is 0. The van der Waals surface area contributed by atoms with Crippen molar-refractivity contribution in [1.29, 1.82) is 0 Å². The Hall–Kier alpha value is -1.81. The van der Waals surface area contributed by atoms with Gasteiger partial charge in [0.05, 0.1) is 5.56 Å². The predicted molar refractivity (Wildman–Crippen MR) is 56.6 cm³/mol. The molecule has 0 aliphatic carbocycles. The molecule has 2 rings (SSSR count). The van der Waals surface area contributed by atoms with Gasteiger partial charge >= 0.3 is 0 Å². The summed E-state index contributed by atoms with van der Waals surface area (Å²) in [6, 6.07) is 8.96. The number of fused-ring (bicyclic) bond motifs is 1. The first-order chi connectivity index (χ1) is 6.72. The van der Waals surface area contributed by atoms with Gasteiger partial charge in [-0.1, -0.05) is 35.7 Å². The Morgan fingerprint density at radius 3 is 2.71 bits per heavy atom. The highest BCUT2D eigenvalue weighted by Crippen LogP contribution is 2.21. The summed E-state index contributed by atoms with van der Waals surface area (Å²) in [4.78, 5) is 0. The summed E-state index contributed by atoms with van der Waals surface area (Å²) in [7, 11) is 0. The van der Waals surface area contributed by atoms with Gasteiger partial charge < -0.3 is 0 Å². The van der Waals surface area contributed by atoms with E-state index in [-0.39, 0.29) is 5.82 Å². The fourth-order valence-electron chi connectivity index (χ4n) is 1.57. The first-order valence-electron chi connectivity index (χ1n) is 4.38. The van der Waals surface area contributed by atoms with Crippen LogP contribution >= 0.6 is 0 Å². The molecule has 0 amide bonds. The number of rotatable bonds is 0. The zero-order chi connectivity index (χ0) is 10.1. The van der Waals surface area contributed by atoms with Crippen LogP contribution in [-0.4, -0.2) is 0 Å². The monoisotopic (exact) mass is 184 g/mol. The molecule has 14 heavy (non-hydrogen) atoms. The first-order valence-corrected chi connectivity index (χ1v) is 4.38. The summed E-state index contributed by atoms with van der Waals surface area (Å²) < 4.78 is 13.3. The van der Waals surface area contributed by atoms with E-state index in [0.717, 1.165) is 16.3 Å². The van der Waals surface area contributed by atoms with Gasteiger partial charge in [0.1, 0.15) is 5.82 Å². The average molecular weight is 184 g/mol. The minimum Gasteiger partial charge on any atom is -0.206 e. The Morgan fingerprint density at radius 2 is 2.00 bits per heavy atom. The molecule has 0 heterocycles. The van der Waals surface area contributed by atoms with Crippen LogP contribution in [0.2, 0.25) is 0 Å². The number of benzene rings is 2. The highest BCUT2D eigenvalue weighted by Gasteiger charge is 2.04. The standard InChI is InChI=1S/C13H9F/c1-3-11-12-6-4-9(2)8-10(12)5-7-13(11)14/h1,4-8H,2H3. The smallest absolute Gasteiger partial charge is 0.139 e. The van der Waals surface area contributed by atoms with E-state index in [9.17, 15) is 4.39 Å². The maximum absolute atomic E-state index is 13.3. The first kappa shape index (κ1) is 8.77. The molecule has 2 aromatic carbocycles. The largest absolute Gasteiger partial charge is 0.206 e. The lowest BCUT2D eigenvalue weighted by Crippen LogP contribution is -1.86. The minimum absolute atomic E-state index is 0.330. The van der Waals surface area contributed by atoms with E-state index in [0.29, 0.717) is 5.56 Å². The van der Waals surface area contributed by atoms with Crippen molar-refractivity contribution in [3.63, 3.8) is 0 Å². The SMILES string of the molecule is C#Cc1c(F)ccc2cc(C)ccc12. The third-order valence-electron chi connectivity index (χ3n) is 2.27. The number of terminal acetylenes is 1. The van der Waals surface area contributed by atoms with Crippen LogP contribution in [0.25, 0.3) is 10.8 Å². The van der Waals surface area contributed by atoms with Crippen molar-refractivity contribution in [1.82, 2.24) is 0 Å². The van der Waals surface area contributed by atoms with Gasteiger partial charge in [0.25, 0.3) is 0 Å². The molecule has 0 atom stereocenters. The highest BCUT2D eigenvalue weighted by molar-refractivity contribution is 5.88. The lowest BCUT2D eigenvalue weighted by molar-refractivity contribution is 0.626. The Labute approximate surface area is 82.4 Å². The molecule has 0 fully saturated rings. The quantitative estimate of drug-likeness (QED) is 0.551. The van der Waals surface area contributed by atoms with Crippen LogP contribution in [0.1, 0.15) is 11.1 Å². The molecule has 0 aliphatic heterocycles. The zero-order valence-corrected chi connectivity index (χ0v) is 7.84. The van der Waals surface area contributed by atoms with E-state index in [1.54, 1.807) is 6.07 Å². The van der Waals surface area contributed by atoms with Crippen molar-refractivity contribution in [2.75, 3.05) is 0 Å². The van der Waals surface area contributed by atoms with Crippen LogP contribution < -0.4 is 0 Å². The fraction of sp³-hybridized carbons (Fsp3) is 0.0769. The van der Waals surface area contributed by atoms with E-state index in [1.165, 1.54) is 6.07 Å². The van der Waals surface area contributed by atoms with Crippen molar-refractivity contribution in [3.05, 3.63) is 47.3 Å². The van der Waals surface area contributed by atoms with Crippen molar-refractivity contribution in [2.24, 2.45) is 0 Å². The predicted octanol–water partition coefficient (Wildman–Crippen LogP) is 3.27. The Morgan fingerprint density at radius 1 is 1.21 bits per heavy atom. The molecular formula is C13H9F. The van der Waals surface area contributed by atoms with E-state index in [1.807, 2.05) is 25.1 Å². The Bertz CT molecular complexity index is 533. The molecule has 0 nitrogen and oxygen atoms in total. The molecule has 0 bridgehead atoms. The molecule has 0 aliphatic rings. The molecule has 0 N–H and O–H groups in total. The maximum Gasteiger partial charge on any atom is 0.139 e. The van der Waals surface area contributed by atoms with E-state index < -0.39 is 0 Å². The molecule has 0 saturated carbocycles. The van der Waals surface area contributed by atoms with Crippen LogP contribution in [0.3, 0.4) is 0 Å². The van der Waals surface area contributed by atoms with E-state index in [2.05, 4.69) is 5.92 Å². The molecular weight excluding hydrogens is 175 g/mol. The Kier molecular flexibility index (Phi) is 1.98.